The maximum absolute atomic E-state index is 13.2. The summed E-state index contributed by atoms with van der Waals surface area (Å²) in [5.74, 6) is 0.274. The van der Waals surface area contributed by atoms with Gasteiger partial charge in [-0.05, 0) is 74.4 Å². The van der Waals surface area contributed by atoms with Crippen LogP contribution in [0.3, 0.4) is 0 Å². The molecular formula is C30H40N6O2. The summed E-state index contributed by atoms with van der Waals surface area (Å²) in [6.45, 7) is 16.5. The predicted molar refractivity (Wildman–Crippen MR) is 152 cm³/mol. The highest BCUT2D eigenvalue weighted by atomic mass is 16.2. The molecule has 4 rings (SSSR count). The van der Waals surface area contributed by atoms with Crippen LogP contribution in [0.5, 0.6) is 0 Å². The third-order valence-corrected chi connectivity index (χ3v) is 7.60. The van der Waals surface area contributed by atoms with Crippen molar-refractivity contribution in [1.82, 2.24) is 24.8 Å². The van der Waals surface area contributed by atoms with Crippen molar-refractivity contribution >= 4 is 28.8 Å². The molecule has 38 heavy (non-hydrogen) atoms. The van der Waals surface area contributed by atoms with E-state index in [0.717, 1.165) is 48.1 Å². The molecule has 0 bridgehead atoms. The number of carbonyl (C=O) groups is 2. The van der Waals surface area contributed by atoms with E-state index >= 15 is 0 Å². The quantitative estimate of drug-likeness (QED) is 0.418. The van der Waals surface area contributed by atoms with Crippen molar-refractivity contribution in [2.45, 2.75) is 72.5 Å². The van der Waals surface area contributed by atoms with Crippen LogP contribution in [0.2, 0.25) is 0 Å². The van der Waals surface area contributed by atoms with Crippen LogP contribution < -0.4 is 10.6 Å². The van der Waals surface area contributed by atoms with Gasteiger partial charge in [0.05, 0.1) is 11.0 Å². The normalized spacial score (nSPS) is 17.2. The lowest BCUT2D eigenvalue weighted by atomic mass is 9.88. The van der Waals surface area contributed by atoms with Crippen LogP contribution in [0.4, 0.5) is 5.95 Å². The van der Waals surface area contributed by atoms with E-state index in [9.17, 15) is 9.59 Å². The van der Waals surface area contributed by atoms with E-state index in [2.05, 4.69) is 72.7 Å². The summed E-state index contributed by atoms with van der Waals surface area (Å²) >= 11 is 0. The molecule has 2 aromatic heterocycles. The Labute approximate surface area is 225 Å². The number of amides is 2. The summed E-state index contributed by atoms with van der Waals surface area (Å²) in [4.78, 5) is 36.4. The van der Waals surface area contributed by atoms with Gasteiger partial charge in [0.2, 0.25) is 11.9 Å². The van der Waals surface area contributed by atoms with E-state index in [0.29, 0.717) is 30.6 Å². The molecule has 0 saturated carbocycles. The molecule has 1 aromatic carbocycles. The van der Waals surface area contributed by atoms with Gasteiger partial charge in [-0.3, -0.25) is 19.9 Å². The number of aryl methyl sites for hydroxylation is 1. The minimum atomic E-state index is -0.218. The molecular weight excluding hydrogens is 476 g/mol. The highest BCUT2D eigenvalue weighted by molar-refractivity contribution is 6.04. The van der Waals surface area contributed by atoms with Gasteiger partial charge < -0.3 is 14.8 Å². The van der Waals surface area contributed by atoms with E-state index in [1.807, 2.05) is 11.8 Å². The Morgan fingerprint density at radius 2 is 1.97 bits per heavy atom. The highest BCUT2D eigenvalue weighted by Crippen LogP contribution is 2.32. The number of nitrogens with zero attached hydrogens (tertiary/aromatic N) is 4. The molecule has 1 aliphatic heterocycles. The number of benzene rings is 1. The Bertz CT molecular complexity index is 1320. The van der Waals surface area contributed by atoms with Crippen molar-refractivity contribution in [3.05, 3.63) is 66.0 Å². The molecule has 202 valence electrons. The van der Waals surface area contributed by atoms with Crippen LogP contribution in [0.1, 0.15) is 74.6 Å². The molecule has 3 heterocycles. The second-order valence-electron chi connectivity index (χ2n) is 11.4. The number of imidazole rings is 1. The van der Waals surface area contributed by atoms with Gasteiger partial charge in [0.1, 0.15) is 0 Å². The Kier molecular flexibility index (Phi) is 8.31. The SMILES string of the molecule is C=CC(=O)N1CCC[C@@H](n2c(NC(=O)c3ccnc(C)c3)nc3cc(CN[C@@H](C)C(C)(C)C)ccc32)CC1. The third-order valence-electron chi connectivity index (χ3n) is 7.60. The van der Waals surface area contributed by atoms with Crippen LogP contribution in [0, 0.1) is 12.3 Å². The smallest absolute Gasteiger partial charge is 0.258 e. The molecule has 0 unspecified atom stereocenters. The van der Waals surface area contributed by atoms with Gasteiger partial charge in [-0.25, -0.2) is 4.98 Å². The maximum atomic E-state index is 13.2. The molecule has 2 N–H and O–H groups in total. The van der Waals surface area contributed by atoms with Gasteiger partial charge in [-0.2, -0.15) is 0 Å². The molecule has 8 heteroatoms. The summed E-state index contributed by atoms with van der Waals surface area (Å²) in [6.07, 6.45) is 5.55. The number of rotatable bonds is 7. The number of aromatic nitrogens is 3. The van der Waals surface area contributed by atoms with Gasteiger partial charge in [-0.1, -0.05) is 33.4 Å². The first-order chi connectivity index (χ1) is 18.1. The van der Waals surface area contributed by atoms with E-state index < -0.39 is 0 Å². The lowest BCUT2D eigenvalue weighted by Crippen LogP contribution is -2.37. The lowest BCUT2D eigenvalue weighted by molar-refractivity contribution is -0.125. The van der Waals surface area contributed by atoms with Crippen LogP contribution in [0.25, 0.3) is 11.0 Å². The summed E-state index contributed by atoms with van der Waals surface area (Å²) in [7, 11) is 0. The Hall–Kier alpha value is -3.52. The zero-order valence-corrected chi connectivity index (χ0v) is 23.3. The molecule has 0 spiro atoms. The molecule has 3 aromatic rings. The standard InChI is InChI=1S/C30H40N6O2/c1-7-27(37)35-15-8-9-24(13-16-35)36-26-11-10-22(19-32-21(3)30(4,5)6)18-25(26)33-29(36)34-28(38)23-12-14-31-20(2)17-23/h7,10-12,14,17-18,21,24,32H,1,8-9,13,15-16,19H2,2-6H3,(H,33,34,38)/t21-,24+/m0/s1. The number of nitrogens with one attached hydrogen (secondary N) is 2. The fraction of sp³-hybridized carbons (Fsp3) is 0.467. The minimum absolute atomic E-state index is 0.0376. The predicted octanol–water partition coefficient (Wildman–Crippen LogP) is 5.26. The Morgan fingerprint density at radius 3 is 2.68 bits per heavy atom. The number of likely N-dealkylation sites (tertiary alicyclic amines) is 1. The topological polar surface area (TPSA) is 92.2 Å². The second kappa shape index (κ2) is 11.5. The molecule has 1 aliphatic rings. The third kappa shape index (κ3) is 6.30. The average Bonchev–Trinajstić information content (AvgIpc) is 3.05. The van der Waals surface area contributed by atoms with Crippen molar-refractivity contribution < 1.29 is 9.59 Å². The number of hydrogen-bond donors (Lipinski definition) is 2. The van der Waals surface area contributed by atoms with Crippen LogP contribution in [0.15, 0.2) is 49.2 Å². The summed E-state index contributed by atoms with van der Waals surface area (Å²) in [5.41, 5.74) is 4.45. The molecule has 0 aliphatic carbocycles. The zero-order valence-electron chi connectivity index (χ0n) is 23.3. The maximum Gasteiger partial charge on any atom is 0.258 e. The van der Waals surface area contributed by atoms with Crippen LogP contribution in [-0.4, -0.2) is 50.4 Å². The Morgan fingerprint density at radius 1 is 1.18 bits per heavy atom. The van der Waals surface area contributed by atoms with Gasteiger partial charge in [-0.15, -0.1) is 0 Å². The second-order valence-corrected chi connectivity index (χ2v) is 11.4. The monoisotopic (exact) mass is 516 g/mol. The van der Waals surface area contributed by atoms with E-state index in [1.54, 1.807) is 18.3 Å². The van der Waals surface area contributed by atoms with Crippen LogP contribution in [-0.2, 0) is 11.3 Å². The number of anilines is 1. The molecule has 1 saturated heterocycles. The van der Waals surface area contributed by atoms with Crippen LogP contribution >= 0.6 is 0 Å². The first kappa shape index (κ1) is 27.5. The van der Waals surface area contributed by atoms with Gasteiger partial charge >= 0.3 is 0 Å². The molecule has 1 fully saturated rings. The fourth-order valence-corrected chi connectivity index (χ4v) is 4.84. The van der Waals surface area contributed by atoms with Crippen molar-refractivity contribution in [2.24, 2.45) is 5.41 Å². The van der Waals surface area contributed by atoms with Crippen molar-refractivity contribution in [3.63, 3.8) is 0 Å². The number of carbonyl (C=O) groups excluding carboxylic acids is 2. The highest BCUT2D eigenvalue weighted by Gasteiger charge is 2.26. The fourth-order valence-electron chi connectivity index (χ4n) is 4.84. The van der Waals surface area contributed by atoms with E-state index in [1.165, 1.54) is 6.08 Å². The minimum Gasteiger partial charge on any atom is -0.339 e. The molecule has 8 nitrogen and oxygen atoms in total. The average molecular weight is 517 g/mol. The first-order valence-corrected chi connectivity index (χ1v) is 13.5. The molecule has 2 atom stereocenters. The number of fused-ring (bicyclic) bond motifs is 1. The summed E-state index contributed by atoms with van der Waals surface area (Å²) in [5, 5.41) is 6.69. The summed E-state index contributed by atoms with van der Waals surface area (Å²) < 4.78 is 2.15. The van der Waals surface area contributed by atoms with Crippen molar-refractivity contribution in [3.8, 4) is 0 Å². The largest absolute Gasteiger partial charge is 0.339 e. The van der Waals surface area contributed by atoms with Gasteiger partial charge in [0.25, 0.3) is 5.91 Å². The molecule has 0 radical (unpaired) electrons. The van der Waals surface area contributed by atoms with Gasteiger partial charge in [0.15, 0.2) is 0 Å². The first-order valence-electron chi connectivity index (χ1n) is 13.5. The van der Waals surface area contributed by atoms with Crippen molar-refractivity contribution in [1.29, 1.82) is 0 Å². The zero-order chi connectivity index (χ0) is 27.4. The van der Waals surface area contributed by atoms with Gasteiger partial charge in [0, 0.05) is 49.2 Å². The van der Waals surface area contributed by atoms with E-state index in [4.69, 9.17) is 4.98 Å². The van der Waals surface area contributed by atoms with Crippen molar-refractivity contribution in [2.75, 3.05) is 18.4 Å². The Balaban J connectivity index is 1.66. The van der Waals surface area contributed by atoms with E-state index in [-0.39, 0.29) is 23.3 Å². The molecule has 2 amide bonds. The lowest BCUT2D eigenvalue weighted by Gasteiger charge is -2.28. The number of hydrogen-bond acceptors (Lipinski definition) is 5. The number of pyridine rings is 1. The summed E-state index contributed by atoms with van der Waals surface area (Å²) in [6, 6.07) is 10.3.